The number of rotatable bonds is 6. The molecular formula is C18H18FN3O5. The third kappa shape index (κ3) is 4.56. The number of nitro groups is 2. The van der Waals surface area contributed by atoms with Crippen LogP contribution in [-0.2, 0) is 11.3 Å². The Bertz CT molecular complexity index is 835. The van der Waals surface area contributed by atoms with Crippen molar-refractivity contribution in [2.24, 2.45) is 0 Å². The van der Waals surface area contributed by atoms with Gasteiger partial charge in [-0.2, -0.15) is 0 Å². The molecular weight excluding hydrogens is 357 g/mol. The molecule has 142 valence electrons. The lowest BCUT2D eigenvalue weighted by atomic mass is 10.1. The summed E-state index contributed by atoms with van der Waals surface area (Å²) < 4.78 is 18.8. The quantitative estimate of drug-likeness (QED) is 0.562. The fraction of sp³-hybridized carbons (Fsp3) is 0.333. The lowest BCUT2D eigenvalue weighted by Crippen LogP contribution is -2.37. The summed E-state index contributed by atoms with van der Waals surface area (Å²) in [5, 5.41) is 22.1. The standard InChI is InChI=1S/C18H18FN3O5/c19-14-3-1-13(2-4-14)12-27-16-7-9-20(10-8-16)17-6-5-15(21(23)24)11-18(17)22(25)26/h1-6,11,16H,7-10,12H2. The summed E-state index contributed by atoms with van der Waals surface area (Å²) in [4.78, 5) is 22.7. The first-order chi connectivity index (χ1) is 12.9. The van der Waals surface area contributed by atoms with Crippen molar-refractivity contribution in [1.29, 1.82) is 0 Å². The molecule has 0 unspecified atom stereocenters. The normalized spacial score (nSPS) is 14.9. The van der Waals surface area contributed by atoms with Gasteiger partial charge in [0, 0.05) is 19.2 Å². The molecule has 0 atom stereocenters. The Morgan fingerprint density at radius 3 is 2.30 bits per heavy atom. The van der Waals surface area contributed by atoms with Gasteiger partial charge in [0.15, 0.2) is 0 Å². The first kappa shape index (κ1) is 18.7. The number of anilines is 1. The van der Waals surface area contributed by atoms with Crippen molar-refractivity contribution >= 4 is 17.1 Å². The molecule has 8 nitrogen and oxygen atoms in total. The van der Waals surface area contributed by atoms with Crippen molar-refractivity contribution in [3.8, 4) is 0 Å². The van der Waals surface area contributed by atoms with Gasteiger partial charge in [0.1, 0.15) is 11.5 Å². The number of non-ortho nitro benzene ring substituents is 1. The van der Waals surface area contributed by atoms with E-state index in [-0.39, 0.29) is 23.3 Å². The Labute approximate surface area is 154 Å². The Morgan fingerprint density at radius 1 is 1.04 bits per heavy atom. The van der Waals surface area contributed by atoms with Crippen molar-refractivity contribution in [3.05, 3.63) is 74.1 Å². The fourth-order valence-corrected chi connectivity index (χ4v) is 3.10. The van der Waals surface area contributed by atoms with Crippen LogP contribution in [0.15, 0.2) is 42.5 Å². The topological polar surface area (TPSA) is 98.8 Å². The highest BCUT2D eigenvalue weighted by molar-refractivity contribution is 5.67. The maximum atomic E-state index is 12.9. The fourth-order valence-electron chi connectivity index (χ4n) is 3.10. The van der Waals surface area contributed by atoms with Crippen molar-refractivity contribution in [2.75, 3.05) is 18.0 Å². The van der Waals surface area contributed by atoms with E-state index in [2.05, 4.69) is 0 Å². The molecule has 2 aromatic rings. The maximum absolute atomic E-state index is 12.9. The third-order valence-corrected chi connectivity index (χ3v) is 4.55. The minimum absolute atomic E-state index is 0.00316. The number of hydrogen-bond donors (Lipinski definition) is 0. The van der Waals surface area contributed by atoms with Crippen LogP contribution in [0.2, 0.25) is 0 Å². The van der Waals surface area contributed by atoms with Gasteiger partial charge in [-0.15, -0.1) is 0 Å². The number of nitrogens with zero attached hydrogens (tertiary/aromatic N) is 3. The van der Waals surface area contributed by atoms with E-state index in [0.29, 0.717) is 38.2 Å². The van der Waals surface area contributed by atoms with E-state index in [4.69, 9.17) is 4.74 Å². The van der Waals surface area contributed by atoms with Crippen molar-refractivity contribution < 1.29 is 19.0 Å². The predicted molar refractivity (Wildman–Crippen MR) is 96.2 cm³/mol. The monoisotopic (exact) mass is 375 g/mol. The average Bonchev–Trinajstić information content (AvgIpc) is 2.67. The molecule has 1 aliphatic rings. The molecule has 1 heterocycles. The van der Waals surface area contributed by atoms with Crippen LogP contribution in [0, 0.1) is 26.0 Å². The minimum atomic E-state index is -0.647. The summed E-state index contributed by atoms with van der Waals surface area (Å²) in [5.74, 6) is -0.295. The lowest BCUT2D eigenvalue weighted by Gasteiger charge is -2.33. The zero-order valence-electron chi connectivity index (χ0n) is 14.4. The minimum Gasteiger partial charge on any atom is -0.373 e. The van der Waals surface area contributed by atoms with Crippen LogP contribution in [0.25, 0.3) is 0 Å². The van der Waals surface area contributed by atoms with E-state index in [1.165, 1.54) is 24.3 Å². The van der Waals surface area contributed by atoms with Gasteiger partial charge in [-0.1, -0.05) is 12.1 Å². The van der Waals surface area contributed by atoms with Gasteiger partial charge in [0.25, 0.3) is 11.4 Å². The van der Waals surface area contributed by atoms with Crippen LogP contribution in [0.3, 0.4) is 0 Å². The molecule has 0 spiro atoms. The second-order valence-electron chi connectivity index (χ2n) is 6.31. The van der Waals surface area contributed by atoms with E-state index in [9.17, 15) is 24.6 Å². The van der Waals surface area contributed by atoms with Crippen LogP contribution in [-0.4, -0.2) is 29.0 Å². The summed E-state index contributed by atoms with van der Waals surface area (Å²) in [7, 11) is 0. The molecule has 0 aromatic heterocycles. The van der Waals surface area contributed by atoms with Crippen LogP contribution >= 0.6 is 0 Å². The van der Waals surface area contributed by atoms with E-state index in [1.54, 1.807) is 12.1 Å². The number of piperidine rings is 1. The maximum Gasteiger partial charge on any atom is 0.299 e. The van der Waals surface area contributed by atoms with Gasteiger partial charge in [-0.05, 0) is 36.6 Å². The number of ether oxygens (including phenoxy) is 1. The predicted octanol–water partition coefficient (Wildman–Crippen LogP) is 3.83. The lowest BCUT2D eigenvalue weighted by molar-refractivity contribution is -0.393. The zero-order valence-corrected chi connectivity index (χ0v) is 14.4. The first-order valence-electron chi connectivity index (χ1n) is 8.48. The Hall–Kier alpha value is -3.07. The molecule has 0 amide bonds. The summed E-state index contributed by atoms with van der Waals surface area (Å²) in [6.45, 7) is 1.47. The smallest absolute Gasteiger partial charge is 0.299 e. The summed E-state index contributed by atoms with van der Waals surface area (Å²) in [5.41, 5.74) is 0.685. The molecule has 0 aliphatic carbocycles. The highest BCUT2D eigenvalue weighted by Crippen LogP contribution is 2.33. The van der Waals surface area contributed by atoms with E-state index >= 15 is 0 Å². The largest absolute Gasteiger partial charge is 0.373 e. The molecule has 1 aliphatic heterocycles. The van der Waals surface area contributed by atoms with Crippen molar-refractivity contribution in [1.82, 2.24) is 0 Å². The zero-order chi connectivity index (χ0) is 19.4. The highest BCUT2D eigenvalue weighted by Gasteiger charge is 2.27. The van der Waals surface area contributed by atoms with Crippen LogP contribution in [0.4, 0.5) is 21.5 Å². The number of halogens is 1. The molecule has 0 radical (unpaired) electrons. The molecule has 2 aromatic carbocycles. The second kappa shape index (κ2) is 8.09. The van der Waals surface area contributed by atoms with Crippen LogP contribution < -0.4 is 4.90 Å². The molecule has 0 bridgehead atoms. The molecule has 0 N–H and O–H groups in total. The van der Waals surface area contributed by atoms with Gasteiger partial charge in [0.05, 0.1) is 28.6 Å². The van der Waals surface area contributed by atoms with E-state index < -0.39 is 9.85 Å². The second-order valence-corrected chi connectivity index (χ2v) is 6.31. The van der Waals surface area contributed by atoms with Gasteiger partial charge < -0.3 is 9.64 Å². The Balaban J connectivity index is 1.61. The summed E-state index contributed by atoms with van der Waals surface area (Å²) in [6, 6.07) is 9.81. The van der Waals surface area contributed by atoms with Gasteiger partial charge in [-0.25, -0.2) is 4.39 Å². The summed E-state index contributed by atoms with van der Waals surface area (Å²) >= 11 is 0. The van der Waals surface area contributed by atoms with E-state index in [0.717, 1.165) is 11.6 Å². The molecule has 3 rings (SSSR count). The van der Waals surface area contributed by atoms with Crippen molar-refractivity contribution in [3.63, 3.8) is 0 Å². The average molecular weight is 375 g/mol. The highest BCUT2D eigenvalue weighted by atomic mass is 19.1. The molecule has 1 fully saturated rings. The number of benzene rings is 2. The first-order valence-corrected chi connectivity index (χ1v) is 8.48. The van der Waals surface area contributed by atoms with Gasteiger partial charge in [0.2, 0.25) is 0 Å². The van der Waals surface area contributed by atoms with Gasteiger partial charge in [-0.3, -0.25) is 20.2 Å². The van der Waals surface area contributed by atoms with E-state index in [1.807, 2.05) is 4.90 Å². The van der Waals surface area contributed by atoms with Crippen LogP contribution in [0.1, 0.15) is 18.4 Å². The number of hydrogen-bond acceptors (Lipinski definition) is 6. The molecule has 27 heavy (non-hydrogen) atoms. The van der Waals surface area contributed by atoms with Gasteiger partial charge >= 0.3 is 0 Å². The SMILES string of the molecule is O=[N+]([O-])c1ccc(N2CCC(OCc3ccc(F)cc3)CC2)c([N+](=O)[O-])c1. The Morgan fingerprint density at radius 2 is 1.70 bits per heavy atom. The molecule has 9 heteroatoms. The van der Waals surface area contributed by atoms with Crippen molar-refractivity contribution in [2.45, 2.75) is 25.6 Å². The number of nitro benzene ring substituents is 2. The third-order valence-electron chi connectivity index (χ3n) is 4.55. The Kier molecular flexibility index (Phi) is 5.60. The molecule has 0 saturated carbocycles. The summed E-state index contributed by atoms with van der Waals surface area (Å²) in [6.07, 6.45) is 1.36. The van der Waals surface area contributed by atoms with Crippen LogP contribution in [0.5, 0.6) is 0 Å². The molecule has 1 saturated heterocycles.